The SMILES string of the molecule is CCCCC[C@]12C(=O)C3=C4[C@H](CC[C@]5(CCN=C(N)N)[C@@H]6[C@@H](CC#C[C@H]([C@@H]7COC(=O)[C@H]7c7cc[nH]c7)C[C@H]7[C@@H](CC=C8CC[C@H](C)C[C@H]87)[C@H](C(O)O)C[C@@H](O)[C@]6(C)O)C[C@@]45O)[C@@]1(C)C[C@H](O)[C@H](O)[C@H]2CSSC[C@H](c1ccc(O)cc1)CC(=O)[C@@H](CO)N3. The Kier molecular flexibility index (Phi) is 19.4. The third kappa shape index (κ3) is 11.5. The number of allylic oxidation sites excluding steroid dienone is 3. The lowest BCUT2D eigenvalue weighted by molar-refractivity contribution is -0.215. The largest absolute Gasteiger partial charge is 0.508 e. The average molecular weight is 1270 g/mol. The summed E-state index contributed by atoms with van der Waals surface area (Å²) in [5.74, 6) is 0.503. The Labute approximate surface area is 531 Å². The molecule has 2 aromatic rings. The van der Waals surface area contributed by atoms with Crippen LogP contribution in [0.3, 0.4) is 0 Å². The fraction of sp³-hybridized carbons (Fsp3) is 0.710. The molecule has 0 unspecified atom stereocenters. The van der Waals surface area contributed by atoms with Crippen molar-refractivity contribution in [1.82, 2.24) is 10.3 Å². The molecule has 3 heterocycles. The van der Waals surface area contributed by atoms with Gasteiger partial charge >= 0.3 is 5.97 Å². The Bertz CT molecular complexity index is 3070. The van der Waals surface area contributed by atoms with Gasteiger partial charge in [0, 0.05) is 89.6 Å². The lowest BCUT2D eigenvalue weighted by atomic mass is 9.37. The lowest BCUT2D eigenvalue weighted by Crippen LogP contribution is -2.71. The summed E-state index contributed by atoms with van der Waals surface area (Å²) in [6.45, 7) is 7.26. The molecule has 1 aromatic heterocycles. The second-order valence-electron chi connectivity index (χ2n) is 29.0. The number of rotatable bonds is 12. The lowest BCUT2D eigenvalue weighted by Gasteiger charge is -2.68. The fourth-order valence-corrected chi connectivity index (χ4v) is 23.1. The topological polar surface area (TPSA) is 335 Å². The van der Waals surface area contributed by atoms with Crippen molar-refractivity contribution in [3.05, 3.63) is 76.8 Å². The van der Waals surface area contributed by atoms with Gasteiger partial charge in [-0.25, -0.2) is 0 Å². The number of aliphatic hydroxyl groups excluding tert-OH is 5. The quantitative estimate of drug-likeness (QED) is 0.0158. The van der Waals surface area contributed by atoms with E-state index in [1.54, 1.807) is 37.4 Å². The number of H-pyrrole nitrogens is 1. The van der Waals surface area contributed by atoms with Crippen LogP contribution in [0, 0.1) is 93.2 Å². The van der Waals surface area contributed by atoms with Gasteiger partial charge in [-0.2, -0.15) is 0 Å². The van der Waals surface area contributed by atoms with Crippen molar-refractivity contribution in [3.63, 3.8) is 0 Å². The van der Waals surface area contributed by atoms with E-state index in [4.69, 9.17) is 16.2 Å². The Balaban J connectivity index is 1.13. The van der Waals surface area contributed by atoms with Gasteiger partial charge in [-0.1, -0.05) is 91.3 Å². The molecule has 11 rings (SSSR count). The Morgan fingerprint density at radius 2 is 1.70 bits per heavy atom. The summed E-state index contributed by atoms with van der Waals surface area (Å²) in [5.41, 5.74) is 7.16. The summed E-state index contributed by atoms with van der Waals surface area (Å²) in [6.07, 6.45) is 6.20. The smallest absolute Gasteiger partial charge is 0.313 e. The van der Waals surface area contributed by atoms with Gasteiger partial charge in [-0.05, 0) is 160 Å². The highest BCUT2D eigenvalue weighted by molar-refractivity contribution is 8.76. The summed E-state index contributed by atoms with van der Waals surface area (Å²) >= 11 is 0. The molecule has 9 aliphatic rings. The molecule has 0 spiro atoms. The summed E-state index contributed by atoms with van der Waals surface area (Å²) in [5, 5.41) is 116. The van der Waals surface area contributed by atoms with Crippen LogP contribution in [0.4, 0.5) is 0 Å². The van der Waals surface area contributed by atoms with Crippen molar-refractivity contribution in [2.75, 3.05) is 31.3 Å². The minimum Gasteiger partial charge on any atom is -0.508 e. The number of aromatic hydroxyl groups is 1. The van der Waals surface area contributed by atoms with Gasteiger partial charge in [-0.3, -0.25) is 19.4 Å². The highest BCUT2D eigenvalue weighted by atomic mass is 33.1. The molecular weight excluding hydrogens is 1170 g/mol. The Morgan fingerprint density at radius 3 is 2.40 bits per heavy atom. The number of carbonyl (C=O) groups excluding carboxylic acids is 3. The van der Waals surface area contributed by atoms with Crippen LogP contribution in [0.5, 0.6) is 5.75 Å². The summed E-state index contributed by atoms with van der Waals surface area (Å²) < 4.78 is 5.95. The van der Waals surface area contributed by atoms with Crippen LogP contribution in [-0.2, 0) is 19.1 Å². The molecule has 1 aromatic carbocycles. The number of aromatic amines is 1. The van der Waals surface area contributed by atoms with Crippen molar-refractivity contribution in [1.29, 1.82) is 0 Å². The maximum absolute atomic E-state index is 17.1. The van der Waals surface area contributed by atoms with Gasteiger partial charge < -0.3 is 72.5 Å². The second-order valence-corrected chi connectivity index (χ2v) is 31.6. The number of hydrogen-bond donors (Lipinski definition) is 13. The number of esters is 1. The molecule has 89 heavy (non-hydrogen) atoms. The number of aliphatic hydroxyl groups is 8. The van der Waals surface area contributed by atoms with Crippen LogP contribution in [0.1, 0.15) is 160 Å². The molecule has 22 atom stereocenters. The Morgan fingerprint density at radius 1 is 0.933 bits per heavy atom. The van der Waals surface area contributed by atoms with Gasteiger partial charge in [0.1, 0.15) is 11.8 Å². The number of aromatic nitrogens is 1. The zero-order chi connectivity index (χ0) is 63.5. The first-order chi connectivity index (χ1) is 42.5. The fourth-order valence-electron chi connectivity index (χ4n) is 20.3. The number of phenolic OH excluding ortho intramolecular Hbond substituents is 1. The third-order valence-electron chi connectivity index (χ3n) is 24.5. The maximum atomic E-state index is 17.1. The van der Waals surface area contributed by atoms with E-state index in [9.17, 15) is 45.6 Å². The molecule has 18 nitrogen and oxygen atoms in total. The molecule has 0 radical (unpaired) electrons. The molecule has 4 saturated carbocycles. The number of nitrogens with two attached hydrogens (primary N) is 2. The van der Waals surface area contributed by atoms with E-state index < -0.39 is 135 Å². The van der Waals surface area contributed by atoms with E-state index >= 15 is 14.7 Å². The average Bonchev–Trinajstić information content (AvgIpc) is 1.71. The second kappa shape index (κ2) is 26.2. The number of hydrogen-bond acceptors (Lipinski definition) is 17. The van der Waals surface area contributed by atoms with Gasteiger partial charge in [0.25, 0.3) is 0 Å². The molecule has 488 valence electrons. The van der Waals surface area contributed by atoms with Crippen molar-refractivity contribution >= 4 is 45.1 Å². The third-order valence-corrected chi connectivity index (χ3v) is 27.0. The van der Waals surface area contributed by atoms with E-state index in [0.29, 0.717) is 37.4 Å². The van der Waals surface area contributed by atoms with Crippen LogP contribution in [0.25, 0.3) is 0 Å². The molecule has 2 aliphatic heterocycles. The summed E-state index contributed by atoms with van der Waals surface area (Å²) in [7, 11) is 2.99. The first-order valence-electron chi connectivity index (χ1n) is 33.1. The standard InChI is InChI=1S/C69H97N5O13S2/c1-5-6-7-21-68-51-36-89-88-35-43(38-13-16-44(76)17-14-38)28-53(77)52(33-75)74-58(61(68)81)57-50(65(68,3)31-54(78)59(51)80)19-22-67(23-25-73-64(70)71)60-41(30-69(57,67)86)10-8-9-40(49-34-87-63(84)56(49)42-20-24-72-32-42)27-47-45(18-15-39-12-11-37(2)26-46(39)47)48(62(82)83)29-55(79)66(60,4)85/h13-17,20,24,32,37,40-41,43,45-52,54-56,59-60,62,72,74-76,78-80,82-83,85-86H,5-7,10-12,18-19,21-23,25-31,33-36H2,1-4H3,(H4,70,71,73)/t37-,40-,41-,43+,45+,46+,47-,48+,49-,50-,51+,52+,54-,55+,56-,59+,60+,65+,66-,67-,68-,69+/m0/s1. The predicted molar refractivity (Wildman–Crippen MR) is 341 cm³/mol. The number of cyclic esters (lactones) is 1. The minimum atomic E-state index is -2.12. The van der Waals surface area contributed by atoms with Crippen LogP contribution in [-0.4, -0.2) is 148 Å². The van der Waals surface area contributed by atoms with E-state index in [0.717, 1.165) is 43.2 Å². The van der Waals surface area contributed by atoms with Crippen molar-refractivity contribution in [3.8, 4) is 17.6 Å². The van der Waals surface area contributed by atoms with Gasteiger partial charge in [0.2, 0.25) is 0 Å². The molecule has 6 fully saturated rings. The molecule has 2 bridgehead atoms. The molecule has 20 heteroatoms. The maximum Gasteiger partial charge on any atom is 0.313 e. The van der Waals surface area contributed by atoms with E-state index in [-0.39, 0.29) is 111 Å². The Hall–Kier alpha value is -4.40. The zero-order valence-electron chi connectivity index (χ0n) is 52.1. The highest BCUT2D eigenvalue weighted by Crippen LogP contribution is 2.75. The number of ketones is 2. The van der Waals surface area contributed by atoms with Crippen molar-refractivity contribution in [2.24, 2.45) is 97.8 Å². The number of nitrogens with one attached hydrogen (secondary N) is 2. The van der Waals surface area contributed by atoms with Gasteiger partial charge in [-0.15, -0.1) is 5.92 Å². The number of nitrogens with zero attached hydrogens (tertiary/aromatic N) is 1. The van der Waals surface area contributed by atoms with Crippen LogP contribution >= 0.6 is 21.6 Å². The highest BCUT2D eigenvalue weighted by Gasteiger charge is 2.77. The van der Waals surface area contributed by atoms with E-state index in [1.165, 1.54) is 27.2 Å². The molecule has 7 aliphatic carbocycles. The van der Waals surface area contributed by atoms with Crippen LogP contribution in [0.2, 0.25) is 0 Å². The number of benzene rings is 1. The number of ether oxygens (including phenoxy) is 1. The summed E-state index contributed by atoms with van der Waals surface area (Å²) in [4.78, 5) is 53.8. The number of carbonyl (C=O) groups is 3. The van der Waals surface area contributed by atoms with Crippen LogP contribution in [0.15, 0.2) is 70.6 Å². The summed E-state index contributed by atoms with van der Waals surface area (Å²) in [6, 6.07) is 7.17. The van der Waals surface area contributed by atoms with Crippen molar-refractivity contribution < 1.29 is 65.1 Å². The van der Waals surface area contributed by atoms with Gasteiger partial charge in [0.05, 0.1) is 54.3 Å². The first kappa shape index (κ1) is 66.1. The molecular formula is C69H97N5O13S2. The minimum absolute atomic E-state index is 0.000918. The molecule has 0 amide bonds. The predicted octanol–water partition coefficient (Wildman–Crippen LogP) is 6.49. The number of aliphatic imine (C=N–C) groups is 1. The zero-order valence-corrected chi connectivity index (χ0v) is 53.8. The number of unbranched alkanes of at least 4 members (excludes halogenated alkanes) is 2. The number of phenols is 1. The molecule has 15 N–H and O–H groups in total. The van der Waals surface area contributed by atoms with E-state index in [1.807, 2.05) is 19.2 Å². The number of Topliss-reactive ketones (excluding diaryl/α,β-unsaturated/α-hetero) is 2. The van der Waals surface area contributed by atoms with Crippen molar-refractivity contribution in [2.45, 2.75) is 191 Å². The van der Waals surface area contributed by atoms with Crippen LogP contribution < -0.4 is 16.8 Å². The van der Waals surface area contributed by atoms with E-state index in [2.05, 4.69) is 47.1 Å². The number of guanidine groups is 1. The normalized spacial score (nSPS) is 42.6. The number of fused-ring (bicyclic) bond motifs is 10. The first-order valence-corrected chi connectivity index (χ1v) is 35.5. The van der Waals surface area contributed by atoms with Gasteiger partial charge in [0.15, 0.2) is 23.8 Å². The monoisotopic (exact) mass is 1270 g/mol. The molecule has 2 saturated heterocycles.